The first-order chi connectivity index (χ1) is 31.8. The number of allylic oxidation sites excluding steroid dienone is 14. The summed E-state index contributed by atoms with van der Waals surface area (Å²) in [4.78, 5) is 43.7. The SMILES string of the molecule is CC/C=C/C=C/C=C/CCCCCCCCCC(=O)OCC(O)COP(=O)(O)OCC(O)COP(=O)(O)OCC(O)COC(=O)CCCCC/C=C\C/C=C\C/C=C\C/C=C\CCCCC. The molecule has 0 saturated carbocycles. The molecule has 0 aliphatic carbocycles. The minimum atomic E-state index is -4.80. The Kier molecular flexibility index (Phi) is 42.8. The Labute approximate surface area is 396 Å². The molecular formula is C49H84O15P2. The van der Waals surface area contributed by atoms with Crippen LogP contribution in [0.3, 0.4) is 0 Å². The molecule has 5 atom stereocenters. The molecular weight excluding hydrogens is 890 g/mol. The van der Waals surface area contributed by atoms with Crippen molar-refractivity contribution < 1.29 is 71.4 Å². The van der Waals surface area contributed by atoms with Gasteiger partial charge in [-0.3, -0.25) is 27.7 Å². The fourth-order valence-corrected chi connectivity index (χ4v) is 7.26. The first-order valence-corrected chi connectivity index (χ1v) is 27.0. The smallest absolute Gasteiger partial charge is 0.463 e. The molecule has 17 heteroatoms. The van der Waals surface area contributed by atoms with Crippen LogP contribution >= 0.6 is 15.6 Å². The van der Waals surface area contributed by atoms with Gasteiger partial charge in [-0.2, -0.15) is 0 Å². The van der Waals surface area contributed by atoms with Crippen molar-refractivity contribution >= 4 is 27.6 Å². The fourth-order valence-electron chi connectivity index (χ4n) is 5.66. The number of rotatable bonds is 45. The lowest BCUT2D eigenvalue weighted by Crippen LogP contribution is -2.25. The van der Waals surface area contributed by atoms with E-state index in [4.69, 9.17) is 9.47 Å². The second-order valence-electron chi connectivity index (χ2n) is 15.8. The lowest BCUT2D eigenvalue weighted by atomic mass is 10.1. The molecule has 0 spiro atoms. The minimum absolute atomic E-state index is 0.155. The number of carbonyl (C=O) groups is 2. The lowest BCUT2D eigenvalue weighted by molar-refractivity contribution is -0.148. The molecule has 0 fully saturated rings. The number of unbranched alkanes of at least 4 members (excludes halogenated alkanes) is 13. The molecule has 0 aromatic carbocycles. The molecule has 0 aromatic heterocycles. The Morgan fingerprint density at radius 2 is 0.758 bits per heavy atom. The molecule has 0 aliphatic heterocycles. The number of ether oxygens (including phenoxy) is 2. The highest BCUT2D eigenvalue weighted by atomic mass is 31.2. The Morgan fingerprint density at radius 3 is 1.18 bits per heavy atom. The summed E-state index contributed by atoms with van der Waals surface area (Å²) in [6.07, 6.45) is 45.7. The third-order valence-corrected chi connectivity index (χ3v) is 11.3. The van der Waals surface area contributed by atoms with Crippen LogP contribution in [0.4, 0.5) is 0 Å². The van der Waals surface area contributed by atoms with E-state index in [1.165, 1.54) is 19.3 Å². The van der Waals surface area contributed by atoms with E-state index in [1.807, 2.05) is 18.2 Å². The van der Waals surface area contributed by atoms with Gasteiger partial charge in [0.05, 0.1) is 26.4 Å². The second-order valence-corrected chi connectivity index (χ2v) is 18.7. The van der Waals surface area contributed by atoms with Crippen molar-refractivity contribution in [3.8, 4) is 0 Å². The fraction of sp³-hybridized carbons (Fsp3) is 0.673. The van der Waals surface area contributed by atoms with Crippen LogP contribution in [0.5, 0.6) is 0 Å². The van der Waals surface area contributed by atoms with Crippen LogP contribution in [0.1, 0.15) is 155 Å². The van der Waals surface area contributed by atoms with Crippen molar-refractivity contribution in [2.45, 2.75) is 173 Å². The zero-order chi connectivity index (χ0) is 48.8. The maximum Gasteiger partial charge on any atom is 0.472 e. The maximum absolute atomic E-state index is 12.2. The van der Waals surface area contributed by atoms with Gasteiger partial charge in [0.15, 0.2) is 0 Å². The highest BCUT2D eigenvalue weighted by Crippen LogP contribution is 2.45. The predicted molar refractivity (Wildman–Crippen MR) is 260 cm³/mol. The van der Waals surface area contributed by atoms with Gasteiger partial charge < -0.3 is 34.6 Å². The molecule has 0 saturated heterocycles. The summed E-state index contributed by atoms with van der Waals surface area (Å²) in [5.74, 6) is -1.04. The van der Waals surface area contributed by atoms with Crippen molar-refractivity contribution in [2.75, 3.05) is 39.6 Å². The molecule has 0 radical (unpaired) electrons. The van der Waals surface area contributed by atoms with Gasteiger partial charge >= 0.3 is 27.6 Å². The van der Waals surface area contributed by atoms with Crippen LogP contribution < -0.4 is 0 Å². The molecule has 0 rings (SSSR count). The summed E-state index contributed by atoms with van der Waals surface area (Å²) in [5.41, 5.74) is 0. The molecule has 0 aliphatic rings. The number of hydrogen-bond acceptors (Lipinski definition) is 13. The van der Waals surface area contributed by atoms with E-state index >= 15 is 0 Å². The van der Waals surface area contributed by atoms with Gasteiger partial charge in [0.1, 0.15) is 31.5 Å². The number of phosphoric acid groups is 2. The van der Waals surface area contributed by atoms with Crippen molar-refractivity contribution in [1.29, 1.82) is 0 Å². The topological polar surface area (TPSA) is 225 Å². The normalized spacial score (nSPS) is 15.8. The molecule has 15 nitrogen and oxygen atoms in total. The Hall–Kier alpha value is -2.78. The second kappa shape index (κ2) is 44.7. The van der Waals surface area contributed by atoms with Crippen molar-refractivity contribution in [2.24, 2.45) is 0 Å². The number of aliphatic hydroxyl groups excluding tert-OH is 3. The molecule has 0 aromatic rings. The summed E-state index contributed by atoms with van der Waals surface area (Å²) < 4.78 is 52.9. The van der Waals surface area contributed by atoms with Crippen molar-refractivity contribution in [3.05, 3.63) is 85.1 Å². The Balaban J connectivity index is 3.95. The van der Waals surface area contributed by atoms with Gasteiger partial charge in [-0.15, -0.1) is 0 Å². The Morgan fingerprint density at radius 1 is 0.424 bits per heavy atom. The standard InChI is InChI=1S/C49H84O15P2/c1-3-5-7-9-11-13-15-17-19-20-21-22-24-26-28-30-32-34-36-38-49(54)60-40-46(51)42-62-66(57,58)64-44-47(52)43-63-65(55,56)61-41-45(50)39-59-48(53)37-35-33-31-29-27-25-23-18-16-14-12-10-8-6-4-2/h6,8,10-14,16-17,19,21-22,26,28,45-47,50-52H,3-5,7,9,15,18,20,23-25,27,29-44H2,1-2H3,(H,55,56)(H,57,58)/b8-6+,12-10+,13-11-,16-14+,19-17-,22-21-,28-26-. The van der Waals surface area contributed by atoms with Crippen LogP contribution in [0, 0.1) is 0 Å². The molecule has 0 bridgehead atoms. The van der Waals surface area contributed by atoms with Crippen molar-refractivity contribution in [3.63, 3.8) is 0 Å². The molecule has 380 valence electrons. The summed E-state index contributed by atoms with van der Waals surface area (Å²) in [7, 11) is -9.59. The van der Waals surface area contributed by atoms with Gasteiger partial charge in [-0.05, 0) is 77.0 Å². The van der Waals surface area contributed by atoms with Crippen LogP contribution in [-0.2, 0) is 46.3 Å². The maximum atomic E-state index is 12.2. The lowest BCUT2D eigenvalue weighted by Gasteiger charge is -2.19. The third kappa shape index (κ3) is 46.3. The first-order valence-electron chi connectivity index (χ1n) is 24.0. The third-order valence-electron chi connectivity index (χ3n) is 9.40. The van der Waals surface area contributed by atoms with Crippen LogP contribution in [0.25, 0.3) is 0 Å². The molecule has 0 amide bonds. The zero-order valence-corrected chi connectivity index (χ0v) is 41.6. The molecule has 0 heterocycles. The van der Waals surface area contributed by atoms with Crippen LogP contribution in [0.15, 0.2) is 85.1 Å². The highest BCUT2D eigenvalue weighted by molar-refractivity contribution is 7.47. The zero-order valence-electron chi connectivity index (χ0n) is 39.8. The minimum Gasteiger partial charge on any atom is -0.463 e. The van der Waals surface area contributed by atoms with E-state index in [0.29, 0.717) is 12.8 Å². The summed E-state index contributed by atoms with van der Waals surface area (Å²) in [6.45, 7) is 0.186. The Bertz CT molecular complexity index is 1510. The van der Waals surface area contributed by atoms with Crippen LogP contribution in [-0.4, -0.2) is 95.0 Å². The van der Waals surface area contributed by atoms with Crippen molar-refractivity contribution in [1.82, 2.24) is 0 Å². The van der Waals surface area contributed by atoms with E-state index in [2.05, 4.69) is 98.8 Å². The van der Waals surface area contributed by atoms with Gasteiger partial charge in [0, 0.05) is 12.8 Å². The quantitative estimate of drug-likeness (QED) is 0.0126. The van der Waals surface area contributed by atoms with Crippen LogP contribution in [0.2, 0.25) is 0 Å². The average Bonchev–Trinajstić information content (AvgIpc) is 3.29. The van der Waals surface area contributed by atoms with Gasteiger partial charge in [-0.1, -0.05) is 150 Å². The number of esters is 2. The van der Waals surface area contributed by atoms with Gasteiger partial charge in [0.2, 0.25) is 0 Å². The molecule has 66 heavy (non-hydrogen) atoms. The number of carbonyl (C=O) groups excluding carboxylic acids is 2. The van der Waals surface area contributed by atoms with E-state index < -0.39 is 85.5 Å². The van der Waals surface area contributed by atoms with E-state index in [9.17, 15) is 43.8 Å². The first kappa shape index (κ1) is 63.2. The highest BCUT2D eigenvalue weighted by Gasteiger charge is 2.28. The average molecular weight is 975 g/mol. The number of hydrogen-bond donors (Lipinski definition) is 5. The number of phosphoric ester groups is 2. The monoisotopic (exact) mass is 975 g/mol. The number of aliphatic hydroxyl groups is 3. The van der Waals surface area contributed by atoms with E-state index in [1.54, 1.807) is 0 Å². The van der Waals surface area contributed by atoms with E-state index in [0.717, 1.165) is 96.3 Å². The predicted octanol–water partition coefficient (Wildman–Crippen LogP) is 10.9. The van der Waals surface area contributed by atoms with Gasteiger partial charge in [0.25, 0.3) is 0 Å². The summed E-state index contributed by atoms with van der Waals surface area (Å²) in [5, 5.41) is 30.0. The molecule has 5 N–H and O–H groups in total. The summed E-state index contributed by atoms with van der Waals surface area (Å²) in [6, 6.07) is 0. The summed E-state index contributed by atoms with van der Waals surface area (Å²) >= 11 is 0. The molecule has 5 unspecified atom stereocenters. The van der Waals surface area contributed by atoms with E-state index in [-0.39, 0.29) is 12.8 Å². The van der Waals surface area contributed by atoms with Gasteiger partial charge in [-0.25, -0.2) is 9.13 Å². The largest absolute Gasteiger partial charge is 0.472 e.